The molecular formula is C6H5ClN3. The van der Waals surface area contributed by atoms with Crippen molar-refractivity contribution in [2.24, 2.45) is 0 Å². The van der Waals surface area contributed by atoms with E-state index in [0.29, 0.717) is 10.7 Å². The van der Waals surface area contributed by atoms with Crippen LogP contribution in [0.4, 0.5) is 5.69 Å². The van der Waals surface area contributed by atoms with E-state index in [9.17, 15) is 0 Å². The molecule has 3 nitrogen and oxygen atoms in total. The van der Waals surface area contributed by atoms with E-state index >= 15 is 0 Å². The number of benzene rings is 1. The van der Waals surface area contributed by atoms with Gasteiger partial charge in [0.15, 0.2) is 0 Å². The van der Waals surface area contributed by atoms with Crippen LogP contribution in [0.2, 0.25) is 5.02 Å². The molecule has 0 atom stereocenters. The zero-order valence-electron chi connectivity index (χ0n) is 5.08. The summed E-state index contributed by atoms with van der Waals surface area (Å²) in [6.07, 6.45) is 0. The molecule has 0 bridgehead atoms. The first-order valence-electron chi connectivity index (χ1n) is 2.69. The first-order chi connectivity index (χ1) is 4.84. The second kappa shape index (κ2) is 3.17. The van der Waals surface area contributed by atoms with Crippen LogP contribution in [0.15, 0.2) is 24.3 Å². The second-order valence-corrected chi connectivity index (χ2v) is 2.10. The summed E-state index contributed by atoms with van der Waals surface area (Å²) in [6, 6.07) is 7.00. The predicted octanol–water partition coefficient (Wildman–Crippen LogP) is 2.02. The van der Waals surface area contributed by atoms with Crippen molar-refractivity contribution in [3.05, 3.63) is 34.8 Å². The van der Waals surface area contributed by atoms with Crippen LogP contribution >= 0.6 is 11.6 Å². The number of hydrogen-bond donors (Lipinski definition) is 1. The van der Waals surface area contributed by atoms with Crippen molar-refractivity contribution in [3.63, 3.8) is 0 Å². The minimum atomic E-state index is 0.528. The van der Waals surface area contributed by atoms with Crippen molar-refractivity contribution in [1.29, 1.82) is 0 Å². The average molecular weight is 155 g/mol. The van der Waals surface area contributed by atoms with E-state index in [1.807, 2.05) is 0 Å². The summed E-state index contributed by atoms with van der Waals surface area (Å²) in [6.45, 7) is 0. The summed E-state index contributed by atoms with van der Waals surface area (Å²) < 4.78 is 0. The van der Waals surface area contributed by atoms with Crippen LogP contribution in [0.5, 0.6) is 0 Å². The van der Waals surface area contributed by atoms with Gasteiger partial charge in [0.05, 0.1) is 0 Å². The van der Waals surface area contributed by atoms with Gasteiger partial charge in [0.1, 0.15) is 5.22 Å². The first kappa shape index (κ1) is 7.02. The molecule has 0 amide bonds. The molecule has 1 aromatic carbocycles. The number of para-hydroxylation sites is 1. The smallest absolute Gasteiger partial charge is 0.131 e. The molecule has 0 saturated heterocycles. The molecule has 0 unspecified atom stereocenters. The lowest BCUT2D eigenvalue weighted by Gasteiger charge is -1.97. The molecule has 51 valence electrons. The number of hydrogen-bond acceptors (Lipinski definition) is 1. The molecule has 0 aromatic heterocycles. The van der Waals surface area contributed by atoms with Crippen molar-refractivity contribution >= 4 is 17.3 Å². The van der Waals surface area contributed by atoms with Gasteiger partial charge in [0.2, 0.25) is 0 Å². The molecule has 1 N–H and O–H groups in total. The van der Waals surface area contributed by atoms with Gasteiger partial charge in [-0.3, -0.25) is 0 Å². The topological polar surface area (TPSA) is 48.4 Å². The molecule has 10 heavy (non-hydrogen) atoms. The van der Waals surface area contributed by atoms with Crippen LogP contribution < -0.4 is 10.6 Å². The second-order valence-electron chi connectivity index (χ2n) is 1.69. The van der Waals surface area contributed by atoms with E-state index in [4.69, 9.17) is 17.1 Å². The van der Waals surface area contributed by atoms with Crippen LogP contribution in [0.25, 0.3) is 5.53 Å². The van der Waals surface area contributed by atoms with Crippen molar-refractivity contribution in [1.82, 2.24) is 5.22 Å². The highest BCUT2D eigenvalue weighted by molar-refractivity contribution is 6.33. The van der Waals surface area contributed by atoms with Gasteiger partial charge in [-0.1, -0.05) is 35.3 Å². The molecular weight excluding hydrogens is 150 g/mol. The Morgan fingerprint density at radius 1 is 1.40 bits per heavy atom. The van der Waals surface area contributed by atoms with E-state index in [2.05, 4.69) is 10.6 Å². The maximum absolute atomic E-state index is 8.10. The van der Waals surface area contributed by atoms with Crippen molar-refractivity contribution in [2.45, 2.75) is 0 Å². The molecule has 0 heterocycles. The molecule has 1 radical (unpaired) electrons. The maximum atomic E-state index is 8.10. The van der Waals surface area contributed by atoms with Crippen LogP contribution in [-0.2, 0) is 0 Å². The maximum Gasteiger partial charge on any atom is 0.131 e. The Hall–Kier alpha value is -1.09. The molecule has 1 aromatic rings. The summed E-state index contributed by atoms with van der Waals surface area (Å²) in [4.78, 5) is 0. The van der Waals surface area contributed by atoms with Gasteiger partial charge in [-0.15, -0.1) is 0 Å². The largest absolute Gasteiger partial charge is 0.197 e. The third-order valence-electron chi connectivity index (χ3n) is 1.04. The summed E-state index contributed by atoms with van der Waals surface area (Å²) in [5.74, 6) is 0. The average Bonchev–Trinajstić information content (AvgIpc) is 1.94. The minimum Gasteiger partial charge on any atom is -0.197 e. The van der Waals surface area contributed by atoms with Gasteiger partial charge in [-0.05, 0) is 6.07 Å². The van der Waals surface area contributed by atoms with Crippen LogP contribution in [0.3, 0.4) is 0 Å². The van der Waals surface area contributed by atoms with Crippen molar-refractivity contribution < 1.29 is 0 Å². The quantitative estimate of drug-likeness (QED) is 0.514. The Morgan fingerprint density at radius 3 is 2.70 bits per heavy atom. The van der Waals surface area contributed by atoms with Gasteiger partial charge in [-0.2, -0.15) is 5.43 Å². The zero-order valence-corrected chi connectivity index (χ0v) is 5.84. The lowest BCUT2D eigenvalue weighted by atomic mass is 10.3. The highest BCUT2D eigenvalue weighted by atomic mass is 35.5. The van der Waals surface area contributed by atoms with E-state index in [-0.39, 0.29) is 0 Å². The molecule has 4 heteroatoms. The number of nitrogens with one attached hydrogen (secondary N) is 1. The third kappa shape index (κ3) is 1.45. The lowest BCUT2D eigenvalue weighted by Crippen LogP contribution is -1.96. The lowest BCUT2D eigenvalue weighted by molar-refractivity contribution is 1.17. The van der Waals surface area contributed by atoms with Gasteiger partial charge >= 0.3 is 0 Å². The molecule has 0 aliphatic carbocycles. The SMILES string of the molecule is [N-]=[N+]Nc1ccccc1Cl. The Balaban J connectivity index is 2.91. The fraction of sp³-hybridized carbons (Fsp3) is 0. The van der Waals surface area contributed by atoms with Gasteiger partial charge in [0.25, 0.3) is 0 Å². The highest BCUT2D eigenvalue weighted by Crippen LogP contribution is 2.18. The summed E-state index contributed by atoms with van der Waals surface area (Å²) in [5, 5.41) is 3.26. The Morgan fingerprint density at radius 2 is 2.10 bits per heavy atom. The summed E-state index contributed by atoms with van der Waals surface area (Å²) in [5.41, 5.74) is 11.0. The molecule has 0 aliphatic heterocycles. The first-order valence-corrected chi connectivity index (χ1v) is 3.07. The molecule has 0 fully saturated rings. The van der Waals surface area contributed by atoms with E-state index < -0.39 is 0 Å². The van der Waals surface area contributed by atoms with Crippen LogP contribution in [0.1, 0.15) is 0 Å². The van der Waals surface area contributed by atoms with E-state index in [1.165, 1.54) is 0 Å². The molecule has 0 spiro atoms. The highest BCUT2D eigenvalue weighted by Gasteiger charge is 1.93. The monoisotopic (exact) mass is 154 g/mol. The van der Waals surface area contributed by atoms with Gasteiger partial charge < -0.3 is 0 Å². The third-order valence-corrected chi connectivity index (χ3v) is 1.37. The molecule has 0 aliphatic rings. The van der Waals surface area contributed by atoms with Crippen molar-refractivity contribution in [3.8, 4) is 0 Å². The zero-order chi connectivity index (χ0) is 7.40. The standard InChI is InChI=1S/C6H5ClN3/c7-5-3-1-2-4-6(5)9-10-8/h1-4H,(H-,8,9). The number of anilines is 1. The molecule has 0 saturated carbocycles. The van der Waals surface area contributed by atoms with E-state index in [0.717, 1.165) is 0 Å². The molecule has 1 rings (SSSR count). The number of nitrogens with zero attached hydrogens (tertiary/aromatic N) is 2. The van der Waals surface area contributed by atoms with Gasteiger partial charge in [-0.25, -0.2) is 0 Å². The minimum absolute atomic E-state index is 0.528. The van der Waals surface area contributed by atoms with Crippen LogP contribution in [0, 0.1) is 0 Å². The number of halogens is 1. The fourth-order valence-electron chi connectivity index (χ4n) is 0.606. The summed E-state index contributed by atoms with van der Waals surface area (Å²) >= 11 is 5.67. The number of rotatable bonds is 2. The Bertz CT molecular complexity index is 236. The Labute approximate surface area is 63.5 Å². The fourth-order valence-corrected chi connectivity index (χ4v) is 0.784. The normalized spacial score (nSPS) is 8.90. The predicted molar refractivity (Wildman–Crippen MR) is 40.6 cm³/mol. The van der Waals surface area contributed by atoms with Crippen LogP contribution in [-0.4, -0.2) is 0 Å². The summed E-state index contributed by atoms with van der Waals surface area (Å²) in [7, 11) is 0. The Kier molecular flexibility index (Phi) is 2.23. The van der Waals surface area contributed by atoms with E-state index in [1.54, 1.807) is 24.3 Å². The van der Waals surface area contributed by atoms with Crippen molar-refractivity contribution in [2.75, 3.05) is 5.43 Å². The van der Waals surface area contributed by atoms with Gasteiger partial charge in [0, 0.05) is 10.7 Å².